The third kappa shape index (κ3) is 1.31. The van der Waals surface area contributed by atoms with Crippen molar-refractivity contribution < 1.29 is 8.42 Å². The van der Waals surface area contributed by atoms with Crippen LogP contribution in [0, 0.1) is 0 Å². The van der Waals surface area contributed by atoms with Crippen molar-refractivity contribution in [3.05, 3.63) is 0 Å². The fourth-order valence-corrected chi connectivity index (χ4v) is 2.98. The van der Waals surface area contributed by atoms with Crippen LogP contribution in [-0.2, 0) is 10.0 Å². The fraction of sp³-hybridized carbons (Fsp3) is 1.00. The van der Waals surface area contributed by atoms with Crippen LogP contribution in [0.1, 0.15) is 19.8 Å². The minimum atomic E-state index is -3.02. The van der Waals surface area contributed by atoms with Gasteiger partial charge >= 0.3 is 0 Å². The molecule has 10 heavy (non-hydrogen) atoms. The molecule has 1 aliphatic carbocycles. The smallest absolute Gasteiger partial charge is 0.211 e. The molecule has 1 fully saturated rings. The van der Waals surface area contributed by atoms with Gasteiger partial charge in [0.05, 0.1) is 4.75 Å². The quantitative estimate of drug-likeness (QED) is 0.653. The van der Waals surface area contributed by atoms with Gasteiger partial charge < -0.3 is 0 Å². The summed E-state index contributed by atoms with van der Waals surface area (Å²) in [5.74, 6) is 0. The van der Waals surface area contributed by atoms with Crippen LogP contribution < -0.4 is 4.13 Å². The molecule has 0 aromatic heterocycles. The first-order valence-electron chi connectivity index (χ1n) is 3.06. The van der Waals surface area contributed by atoms with Crippen molar-refractivity contribution in [3.63, 3.8) is 0 Å². The zero-order valence-electron chi connectivity index (χ0n) is 6.05. The Bertz CT molecular complexity index is 218. The summed E-state index contributed by atoms with van der Waals surface area (Å²) in [6, 6.07) is 0. The van der Waals surface area contributed by atoms with E-state index >= 15 is 0 Å². The third-order valence-electron chi connectivity index (χ3n) is 1.80. The molecule has 0 aromatic rings. The third-order valence-corrected chi connectivity index (χ3v) is 5.05. The minimum absolute atomic E-state index is 0.462. The second-order valence-electron chi connectivity index (χ2n) is 2.74. The lowest BCUT2D eigenvalue weighted by atomic mass is 10.5. The van der Waals surface area contributed by atoms with Crippen LogP contribution in [-0.4, -0.2) is 19.4 Å². The van der Waals surface area contributed by atoms with Gasteiger partial charge in [-0.05, 0) is 26.0 Å². The Balaban J connectivity index is 2.69. The van der Waals surface area contributed by atoms with Crippen molar-refractivity contribution in [2.24, 2.45) is 0 Å². The van der Waals surface area contributed by atoms with Gasteiger partial charge in [0.1, 0.15) is 0 Å². The SMILES string of the molecule is CSNS(=O)(=O)C1(C)CC1. The second-order valence-corrected chi connectivity index (χ2v) is 5.81. The van der Waals surface area contributed by atoms with Gasteiger partial charge in [-0.1, -0.05) is 11.9 Å². The maximum absolute atomic E-state index is 11.2. The molecule has 1 saturated carbocycles. The highest BCUT2D eigenvalue weighted by Gasteiger charge is 2.49. The summed E-state index contributed by atoms with van der Waals surface area (Å²) in [6.07, 6.45) is 3.30. The van der Waals surface area contributed by atoms with Gasteiger partial charge in [0, 0.05) is 0 Å². The van der Waals surface area contributed by atoms with Crippen LogP contribution in [0.5, 0.6) is 0 Å². The largest absolute Gasteiger partial charge is 0.226 e. The maximum Gasteiger partial charge on any atom is 0.226 e. The van der Waals surface area contributed by atoms with E-state index in [1.54, 1.807) is 13.2 Å². The molecule has 5 heteroatoms. The van der Waals surface area contributed by atoms with Crippen LogP contribution in [0.4, 0.5) is 0 Å². The molecule has 60 valence electrons. The Labute approximate surface area is 65.8 Å². The summed E-state index contributed by atoms with van der Waals surface area (Å²) in [4.78, 5) is 0. The number of sulfonamides is 1. The Morgan fingerprint density at radius 1 is 1.50 bits per heavy atom. The lowest BCUT2D eigenvalue weighted by molar-refractivity contribution is 0.580. The molecule has 1 N–H and O–H groups in total. The molecule has 0 bridgehead atoms. The van der Waals surface area contributed by atoms with Gasteiger partial charge in [0.15, 0.2) is 0 Å². The van der Waals surface area contributed by atoms with Gasteiger partial charge in [-0.3, -0.25) is 0 Å². The average Bonchev–Trinajstić information content (AvgIpc) is 2.49. The predicted molar refractivity (Wildman–Crippen MR) is 43.2 cm³/mol. The fourth-order valence-electron chi connectivity index (χ4n) is 0.655. The molecular formula is C5H11NO2S2. The van der Waals surface area contributed by atoms with Crippen LogP contribution in [0.3, 0.4) is 0 Å². The number of hydrogen-bond acceptors (Lipinski definition) is 3. The highest BCUT2D eigenvalue weighted by molar-refractivity contribution is 8.09. The van der Waals surface area contributed by atoms with Gasteiger partial charge in [-0.25, -0.2) is 8.42 Å². The highest BCUT2D eigenvalue weighted by atomic mass is 32.3. The van der Waals surface area contributed by atoms with Crippen molar-refractivity contribution in [2.45, 2.75) is 24.5 Å². The van der Waals surface area contributed by atoms with Gasteiger partial charge in [-0.15, -0.1) is 0 Å². The first kappa shape index (κ1) is 8.36. The molecule has 0 aromatic carbocycles. The molecule has 0 saturated heterocycles. The van der Waals surface area contributed by atoms with Crippen LogP contribution in [0.2, 0.25) is 0 Å². The van der Waals surface area contributed by atoms with E-state index < -0.39 is 14.8 Å². The molecule has 1 aliphatic rings. The van der Waals surface area contributed by atoms with Crippen molar-refractivity contribution >= 4 is 22.0 Å². The van der Waals surface area contributed by atoms with E-state index in [0.717, 1.165) is 24.8 Å². The zero-order chi connectivity index (χ0) is 7.83. The van der Waals surface area contributed by atoms with E-state index in [9.17, 15) is 8.42 Å². The van der Waals surface area contributed by atoms with E-state index in [1.165, 1.54) is 0 Å². The summed E-state index contributed by atoms with van der Waals surface area (Å²) in [5.41, 5.74) is 0. The van der Waals surface area contributed by atoms with E-state index in [4.69, 9.17) is 0 Å². The molecule has 0 amide bonds. The number of nitrogens with one attached hydrogen (secondary N) is 1. The summed E-state index contributed by atoms with van der Waals surface area (Å²) >= 11 is 1.14. The van der Waals surface area contributed by atoms with Crippen molar-refractivity contribution in [1.82, 2.24) is 4.13 Å². The van der Waals surface area contributed by atoms with E-state index in [-0.39, 0.29) is 0 Å². The normalized spacial score (nSPS) is 22.6. The summed E-state index contributed by atoms with van der Waals surface area (Å²) < 4.78 is 24.3. The topological polar surface area (TPSA) is 46.2 Å². The van der Waals surface area contributed by atoms with Crippen LogP contribution in [0.15, 0.2) is 0 Å². The molecule has 0 atom stereocenters. The first-order valence-corrected chi connectivity index (χ1v) is 5.77. The molecule has 1 rings (SSSR count). The van der Waals surface area contributed by atoms with Crippen molar-refractivity contribution in [2.75, 3.05) is 6.26 Å². The lowest BCUT2D eigenvalue weighted by Gasteiger charge is -2.08. The van der Waals surface area contributed by atoms with Gasteiger partial charge in [0.2, 0.25) is 10.0 Å². The predicted octanol–water partition coefficient (Wildman–Crippen LogP) is 0.736. The Hall–Kier alpha value is 0.260. The molecule has 0 unspecified atom stereocenters. The van der Waals surface area contributed by atoms with E-state index in [0.29, 0.717) is 0 Å². The molecule has 0 aliphatic heterocycles. The van der Waals surface area contributed by atoms with Crippen LogP contribution in [0.25, 0.3) is 0 Å². The monoisotopic (exact) mass is 181 g/mol. The Kier molecular flexibility index (Phi) is 2.00. The Morgan fingerprint density at radius 2 is 2.00 bits per heavy atom. The number of rotatable bonds is 3. The van der Waals surface area contributed by atoms with E-state index in [2.05, 4.69) is 4.13 Å². The molecular weight excluding hydrogens is 170 g/mol. The second kappa shape index (κ2) is 2.39. The molecule has 0 heterocycles. The minimum Gasteiger partial charge on any atom is -0.211 e. The van der Waals surface area contributed by atoms with Crippen molar-refractivity contribution in [1.29, 1.82) is 0 Å². The number of hydrogen-bond donors (Lipinski definition) is 1. The summed E-state index contributed by atoms with van der Waals surface area (Å²) in [6.45, 7) is 1.77. The summed E-state index contributed by atoms with van der Waals surface area (Å²) in [7, 11) is -3.02. The van der Waals surface area contributed by atoms with Crippen LogP contribution >= 0.6 is 11.9 Å². The zero-order valence-corrected chi connectivity index (χ0v) is 7.68. The standard InChI is InChI=1S/C5H11NO2S2/c1-5(3-4-5)10(7,8)6-9-2/h6H,3-4H2,1-2H3. The molecule has 3 nitrogen and oxygen atoms in total. The molecule has 0 spiro atoms. The van der Waals surface area contributed by atoms with Gasteiger partial charge in [0.25, 0.3) is 0 Å². The lowest BCUT2D eigenvalue weighted by Crippen LogP contribution is -2.29. The summed E-state index contributed by atoms with van der Waals surface area (Å²) in [5, 5.41) is 0. The van der Waals surface area contributed by atoms with Crippen molar-refractivity contribution in [3.8, 4) is 0 Å². The van der Waals surface area contributed by atoms with Gasteiger partial charge in [-0.2, -0.15) is 4.13 Å². The Morgan fingerprint density at radius 3 is 2.30 bits per heavy atom. The highest BCUT2D eigenvalue weighted by Crippen LogP contribution is 2.42. The first-order chi connectivity index (χ1) is 4.52. The maximum atomic E-state index is 11.2. The average molecular weight is 181 g/mol. The van der Waals surface area contributed by atoms with E-state index in [1.807, 2.05) is 0 Å². The molecule has 0 radical (unpaired) electrons.